The molecule has 5 amide bonds. The maximum absolute atomic E-state index is 12.5. The minimum Gasteiger partial charge on any atom is -0.459 e. The molecule has 0 unspecified atom stereocenters. The van der Waals surface area contributed by atoms with Gasteiger partial charge in [0.1, 0.15) is 17.9 Å². The first-order valence-corrected chi connectivity index (χ1v) is 10.3. The fourth-order valence-corrected chi connectivity index (χ4v) is 3.98. The summed E-state index contributed by atoms with van der Waals surface area (Å²) in [5, 5.41) is 5.51. The zero-order valence-corrected chi connectivity index (χ0v) is 17.0. The minimum atomic E-state index is -0.988. The van der Waals surface area contributed by atoms with Crippen molar-refractivity contribution < 1.29 is 23.6 Å². The van der Waals surface area contributed by atoms with Crippen molar-refractivity contribution in [2.24, 2.45) is 0 Å². The van der Waals surface area contributed by atoms with Crippen molar-refractivity contribution in [2.45, 2.75) is 19.4 Å². The van der Waals surface area contributed by atoms with Gasteiger partial charge in [-0.1, -0.05) is 24.3 Å². The van der Waals surface area contributed by atoms with E-state index in [0.717, 1.165) is 15.2 Å². The third kappa shape index (κ3) is 3.84. The molecule has 30 heavy (non-hydrogen) atoms. The Morgan fingerprint density at radius 2 is 1.87 bits per heavy atom. The van der Waals surface area contributed by atoms with Gasteiger partial charge in [-0.05, 0) is 30.5 Å². The Labute approximate surface area is 176 Å². The summed E-state index contributed by atoms with van der Waals surface area (Å²) in [7, 11) is 0. The Balaban J connectivity index is 1.37. The van der Waals surface area contributed by atoms with Crippen LogP contribution in [0.2, 0.25) is 0 Å². The largest absolute Gasteiger partial charge is 0.459 e. The van der Waals surface area contributed by atoms with Crippen molar-refractivity contribution >= 4 is 46.1 Å². The Morgan fingerprint density at radius 1 is 1.10 bits per heavy atom. The van der Waals surface area contributed by atoms with Gasteiger partial charge >= 0.3 is 17.8 Å². The van der Waals surface area contributed by atoms with Gasteiger partial charge in [0.2, 0.25) is 5.91 Å². The fraction of sp³-hybridized carbons (Fsp3) is 0.238. The van der Waals surface area contributed by atoms with Crippen LogP contribution in [0.3, 0.4) is 0 Å². The lowest BCUT2D eigenvalue weighted by atomic mass is 10.2. The highest BCUT2D eigenvalue weighted by atomic mass is 32.1. The summed E-state index contributed by atoms with van der Waals surface area (Å²) in [4.78, 5) is 51.9. The molecule has 0 saturated carbocycles. The Kier molecular flexibility index (Phi) is 5.37. The number of urea groups is 1. The van der Waals surface area contributed by atoms with Gasteiger partial charge in [-0.25, -0.2) is 9.69 Å². The number of hydrogen-bond donors (Lipinski definition) is 1. The molecule has 9 heteroatoms. The zero-order valence-electron chi connectivity index (χ0n) is 16.2. The van der Waals surface area contributed by atoms with Gasteiger partial charge in [0.05, 0.1) is 6.04 Å². The Hall–Kier alpha value is -3.46. The van der Waals surface area contributed by atoms with Gasteiger partial charge in [0.15, 0.2) is 0 Å². The number of carbonyl (C=O) groups excluding carboxylic acids is 4. The van der Waals surface area contributed by atoms with Crippen LogP contribution in [-0.2, 0) is 20.8 Å². The zero-order chi connectivity index (χ0) is 21.3. The Morgan fingerprint density at radius 3 is 2.60 bits per heavy atom. The van der Waals surface area contributed by atoms with E-state index in [2.05, 4.69) is 5.32 Å². The lowest BCUT2D eigenvalue weighted by molar-refractivity contribution is -0.144. The van der Waals surface area contributed by atoms with E-state index in [1.54, 1.807) is 6.92 Å². The van der Waals surface area contributed by atoms with E-state index in [-0.39, 0.29) is 6.54 Å². The summed E-state index contributed by atoms with van der Waals surface area (Å²) in [6, 6.07) is 11.8. The van der Waals surface area contributed by atoms with Crippen LogP contribution in [0.15, 0.2) is 52.3 Å². The van der Waals surface area contributed by atoms with Crippen molar-refractivity contribution in [1.82, 2.24) is 15.1 Å². The SMILES string of the molecule is C[C@H](NC(=O)CN1C(=O)C(=O)N(CCc2cccs2)C1=O)c1cc2ccccc2o1. The van der Waals surface area contributed by atoms with Crippen LogP contribution >= 0.6 is 11.3 Å². The van der Waals surface area contributed by atoms with E-state index in [9.17, 15) is 19.2 Å². The number of fused-ring (bicyclic) bond motifs is 1. The van der Waals surface area contributed by atoms with Gasteiger partial charge in [-0.3, -0.25) is 19.3 Å². The molecule has 154 valence electrons. The van der Waals surface area contributed by atoms with Crippen molar-refractivity contribution in [3.05, 3.63) is 58.5 Å². The van der Waals surface area contributed by atoms with Crippen LogP contribution in [-0.4, -0.2) is 46.6 Å². The van der Waals surface area contributed by atoms with E-state index in [0.29, 0.717) is 22.7 Å². The number of imide groups is 2. The highest BCUT2D eigenvalue weighted by molar-refractivity contribution is 7.09. The van der Waals surface area contributed by atoms with Crippen molar-refractivity contribution in [3.63, 3.8) is 0 Å². The molecule has 2 aromatic heterocycles. The number of thiophene rings is 1. The maximum Gasteiger partial charge on any atom is 0.334 e. The fourth-order valence-electron chi connectivity index (χ4n) is 3.28. The number of nitrogens with zero attached hydrogens (tertiary/aromatic N) is 2. The third-order valence-electron chi connectivity index (χ3n) is 4.85. The first-order valence-electron chi connectivity index (χ1n) is 9.41. The molecule has 1 N–H and O–H groups in total. The van der Waals surface area contributed by atoms with Crippen LogP contribution in [0.1, 0.15) is 23.6 Å². The molecule has 1 aliphatic heterocycles. The molecule has 1 aromatic carbocycles. The van der Waals surface area contributed by atoms with Gasteiger partial charge in [0.25, 0.3) is 0 Å². The molecule has 1 atom stereocenters. The van der Waals surface area contributed by atoms with Crippen LogP contribution in [0.4, 0.5) is 4.79 Å². The lowest BCUT2D eigenvalue weighted by Gasteiger charge is -2.16. The van der Waals surface area contributed by atoms with E-state index in [1.807, 2.05) is 47.8 Å². The second kappa shape index (κ2) is 8.11. The minimum absolute atomic E-state index is 0.0947. The van der Waals surface area contributed by atoms with Crippen LogP contribution in [0.5, 0.6) is 0 Å². The molecule has 1 aliphatic rings. The first kappa shape index (κ1) is 19.8. The molecule has 1 saturated heterocycles. The molecular weight excluding hydrogens is 406 g/mol. The van der Waals surface area contributed by atoms with E-state index >= 15 is 0 Å². The van der Waals surface area contributed by atoms with Crippen LogP contribution < -0.4 is 5.32 Å². The number of nitrogens with one attached hydrogen (secondary N) is 1. The van der Waals surface area contributed by atoms with Crippen LogP contribution in [0.25, 0.3) is 11.0 Å². The average Bonchev–Trinajstić information content (AvgIpc) is 3.44. The molecule has 3 aromatic rings. The number of carbonyl (C=O) groups is 4. The van der Waals surface area contributed by atoms with Crippen molar-refractivity contribution in [3.8, 4) is 0 Å². The number of hydrogen-bond acceptors (Lipinski definition) is 6. The summed E-state index contributed by atoms with van der Waals surface area (Å²) in [6.45, 7) is 1.31. The summed E-state index contributed by atoms with van der Waals surface area (Å²) >= 11 is 1.51. The standard InChI is InChI=1S/C21H19N3O5S/c1-13(17-11-14-5-2-3-7-16(14)29-17)22-18(25)12-24-20(27)19(26)23(21(24)28)9-8-15-6-4-10-30-15/h2-7,10-11,13H,8-9,12H2,1H3,(H,22,25)/t13-/m0/s1. The third-order valence-corrected chi connectivity index (χ3v) is 5.78. The number of furan rings is 1. The normalized spacial score (nSPS) is 15.3. The maximum atomic E-state index is 12.5. The van der Waals surface area contributed by atoms with Gasteiger partial charge < -0.3 is 9.73 Å². The number of benzene rings is 1. The molecule has 0 aliphatic carbocycles. The molecule has 3 heterocycles. The van der Waals surface area contributed by atoms with E-state index in [1.165, 1.54) is 11.3 Å². The lowest BCUT2D eigenvalue weighted by Crippen LogP contribution is -2.42. The first-order chi connectivity index (χ1) is 14.4. The topological polar surface area (TPSA) is 99.9 Å². The molecule has 8 nitrogen and oxygen atoms in total. The van der Waals surface area contributed by atoms with Gasteiger partial charge in [-0.2, -0.15) is 0 Å². The van der Waals surface area contributed by atoms with E-state index < -0.39 is 36.3 Å². The highest BCUT2D eigenvalue weighted by Crippen LogP contribution is 2.23. The predicted molar refractivity (Wildman–Crippen MR) is 110 cm³/mol. The predicted octanol–water partition coefficient (Wildman–Crippen LogP) is 2.71. The Bertz CT molecular complexity index is 1090. The summed E-state index contributed by atoms with van der Waals surface area (Å²) in [5.41, 5.74) is 0.700. The highest BCUT2D eigenvalue weighted by Gasteiger charge is 2.45. The molecular formula is C21H19N3O5S. The van der Waals surface area contributed by atoms with Gasteiger partial charge in [-0.15, -0.1) is 11.3 Å². The van der Waals surface area contributed by atoms with Gasteiger partial charge in [0, 0.05) is 23.2 Å². The van der Waals surface area contributed by atoms with Crippen molar-refractivity contribution in [2.75, 3.05) is 13.1 Å². The number of para-hydroxylation sites is 1. The van der Waals surface area contributed by atoms with E-state index in [4.69, 9.17) is 4.42 Å². The molecule has 1 fully saturated rings. The smallest absolute Gasteiger partial charge is 0.334 e. The molecule has 0 radical (unpaired) electrons. The van der Waals surface area contributed by atoms with Crippen LogP contribution in [0, 0.1) is 0 Å². The van der Waals surface area contributed by atoms with Crippen molar-refractivity contribution in [1.29, 1.82) is 0 Å². The average molecular weight is 425 g/mol. The molecule has 0 bridgehead atoms. The quantitative estimate of drug-likeness (QED) is 0.463. The molecule has 0 spiro atoms. The summed E-state index contributed by atoms with van der Waals surface area (Å²) in [5.74, 6) is -1.90. The monoisotopic (exact) mass is 425 g/mol. The number of amides is 5. The molecule has 4 rings (SSSR count). The second-order valence-electron chi connectivity index (χ2n) is 6.94. The second-order valence-corrected chi connectivity index (χ2v) is 7.97. The number of rotatable bonds is 7. The summed E-state index contributed by atoms with van der Waals surface area (Å²) < 4.78 is 5.72. The summed E-state index contributed by atoms with van der Waals surface area (Å²) in [6.07, 6.45) is 0.464.